The fraction of sp³-hybridized carbons (Fsp3) is 0.464. The molecule has 222 valence electrons. The third-order valence-electron chi connectivity index (χ3n) is 5.83. The first-order chi connectivity index (χ1) is 18.6. The molecule has 0 aliphatic carbocycles. The Morgan fingerprint density at radius 2 is 1.70 bits per heavy atom. The van der Waals surface area contributed by atoms with Crippen LogP contribution in [0.4, 0.5) is 0 Å². The zero-order chi connectivity index (χ0) is 29.2. The molecule has 0 aromatic heterocycles. The van der Waals surface area contributed by atoms with E-state index in [0.717, 1.165) is 5.56 Å². The van der Waals surface area contributed by atoms with Gasteiger partial charge in [0.2, 0.25) is 11.8 Å². The number of Topliss-reactive ketones (excluding diaryl/α,β-unsaturated/α-hetero) is 1. The smallest absolute Gasteiger partial charge is 0.338 e. The zero-order valence-electron chi connectivity index (χ0n) is 23.2. The Labute approximate surface area is 242 Å². The van der Waals surface area contributed by atoms with Crippen LogP contribution in [0.25, 0.3) is 0 Å². The number of hydrogen-bond donors (Lipinski definition) is 5. The number of unbranched alkanes of at least 4 members (excludes halogenated alkanes) is 1. The maximum Gasteiger partial charge on any atom is 0.338 e. The van der Waals surface area contributed by atoms with Crippen molar-refractivity contribution in [1.82, 2.24) is 10.6 Å². The minimum absolute atomic E-state index is 0. The summed E-state index contributed by atoms with van der Waals surface area (Å²) in [7, 11) is 1.23. The molecule has 0 heterocycles. The molecule has 1 rings (SSSR count). The Morgan fingerprint density at radius 3 is 2.25 bits per heavy atom. The Bertz CT molecular complexity index is 1010. The van der Waals surface area contributed by atoms with Crippen LogP contribution in [0.5, 0.6) is 5.75 Å². The van der Waals surface area contributed by atoms with Crippen LogP contribution in [0, 0.1) is 5.92 Å². The number of ketones is 1. The van der Waals surface area contributed by atoms with Crippen molar-refractivity contribution >= 4 is 29.5 Å². The third-order valence-corrected chi connectivity index (χ3v) is 5.83. The fourth-order valence-corrected chi connectivity index (χ4v) is 3.88. The standard InChI is InChI=1S/C28H41N5O6.ClH/c1-5-9-23(27(37)38-4)33-26(36)21(10-7-8-15-31-28(29)30)18-25(35)24(32-19(3)34)17-20-11-13-22(14-12-20)39-16-6-2;/h5-6,11-14,21,23-24H,1-2,7-10,15-18H2,3-4H3,(H,32,34)(H,33,36)(H4,29,30,31);1H/t21-,23+,24+;/m1./s1. The van der Waals surface area contributed by atoms with Crippen LogP contribution in [-0.4, -0.2) is 61.9 Å². The summed E-state index contributed by atoms with van der Waals surface area (Å²) >= 11 is 0. The van der Waals surface area contributed by atoms with Gasteiger partial charge in [0.15, 0.2) is 5.78 Å². The summed E-state index contributed by atoms with van der Waals surface area (Å²) in [6.45, 7) is 9.44. The molecule has 0 aliphatic rings. The van der Waals surface area contributed by atoms with Gasteiger partial charge in [0, 0.05) is 19.3 Å². The lowest BCUT2D eigenvalue weighted by molar-refractivity contribution is -0.459. The number of nitrogens with one attached hydrogen (secondary N) is 3. The molecule has 0 saturated heterocycles. The predicted molar refractivity (Wildman–Crippen MR) is 148 cm³/mol. The summed E-state index contributed by atoms with van der Waals surface area (Å²) in [5.41, 5.74) is 11.6. The summed E-state index contributed by atoms with van der Waals surface area (Å²) in [5, 5.41) is 5.39. The molecule has 0 fully saturated rings. The highest BCUT2D eigenvalue weighted by atomic mass is 35.5. The van der Waals surface area contributed by atoms with Crippen LogP contribution in [0.1, 0.15) is 44.6 Å². The van der Waals surface area contributed by atoms with Gasteiger partial charge in [0.1, 0.15) is 18.4 Å². The number of guanidine groups is 1. The van der Waals surface area contributed by atoms with Crippen molar-refractivity contribution in [2.45, 2.75) is 57.5 Å². The highest BCUT2D eigenvalue weighted by Crippen LogP contribution is 2.19. The lowest BCUT2D eigenvalue weighted by atomic mass is 9.90. The van der Waals surface area contributed by atoms with Gasteiger partial charge < -0.3 is 32.5 Å². The average molecular weight is 580 g/mol. The Balaban J connectivity index is 0.0000152. The van der Waals surface area contributed by atoms with Gasteiger partial charge in [0.25, 0.3) is 0 Å². The summed E-state index contributed by atoms with van der Waals surface area (Å²) < 4.78 is 10.3. The van der Waals surface area contributed by atoms with E-state index in [1.165, 1.54) is 20.1 Å². The van der Waals surface area contributed by atoms with Gasteiger partial charge in [-0.25, -0.2) is 4.79 Å². The number of rotatable bonds is 19. The molecule has 0 saturated carbocycles. The van der Waals surface area contributed by atoms with Gasteiger partial charge in [0.05, 0.1) is 19.7 Å². The van der Waals surface area contributed by atoms with Gasteiger partial charge in [-0.3, -0.25) is 30.8 Å². The first-order valence-electron chi connectivity index (χ1n) is 12.8. The molecule has 0 unspecified atom stereocenters. The minimum atomic E-state index is -0.918. The number of amides is 2. The number of carbonyl (C=O) groups excluding carboxylic acids is 4. The number of carbonyl (C=O) groups is 4. The highest BCUT2D eigenvalue weighted by Gasteiger charge is 2.30. The molecule has 12 heteroatoms. The van der Waals surface area contributed by atoms with Crippen molar-refractivity contribution in [3.63, 3.8) is 0 Å². The lowest BCUT2D eigenvalue weighted by Gasteiger charge is -2.23. The second-order valence-corrected chi connectivity index (χ2v) is 9.05. The Morgan fingerprint density at radius 1 is 1.02 bits per heavy atom. The molecule has 11 nitrogen and oxygen atoms in total. The first kappa shape index (κ1) is 36.1. The monoisotopic (exact) mass is 579 g/mol. The number of halogens is 1. The quantitative estimate of drug-likeness (QED) is 0.0371. The second-order valence-electron chi connectivity index (χ2n) is 9.05. The number of esters is 1. The number of nitrogens with two attached hydrogens (primary N) is 2. The third kappa shape index (κ3) is 14.3. The van der Waals surface area contributed by atoms with E-state index in [1.54, 1.807) is 18.2 Å². The first-order valence-corrected chi connectivity index (χ1v) is 12.8. The van der Waals surface area contributed by atoms with Crippen LogP contribution >= 0.6 is 0 Å². The van der Waals surface area contributed by atoms with Crippen molar-refractivity contribution in [3.8, 4) is 5.75 Å². The van der Waals surface area contributed by atoms with E-state index in [9.17, 15) is 19.2 Å². The molecular weight excluding hydrogens is 538 g/mol. The summed E-state index contributed by atoms with van der Waals surface area (Å²) in [4.78, 5) is 53.4. The van der Waals surface area contributed by atoms with Gasteiger partial charge in [-0.2, -0.15) is 0 Å². The maximum absolute atomic E-state index is 13.4. The van der Waals surface area contributed by atoms with E-state index in [-0.39, 0.29) is 49.3 Å². The topological polar surface area (TPSA) is 177 Å². The van der Waals surface area contributed by atoms with Gasteiger partial charge >= 0.3 is 11.9 Å². The largest absolute Gasteiger partial charge is 1.00 e. The van der Waals surface area contributed by atoms with E-state index < -0.39 is 29.9 Å². The highest BCUT2D eigenvalue weighted by molar-refractivity contribution is 5.93. The lowest BCUT2D eigenvalue weighted by Crippen LogP contribution is -3.00. The molecule has 40 heavy (non-hydrogen) atoms. The molecule has 3 atom stereocenters. The molecule has 0 spiro atoms. The average Bonchev–Trinajstić information content (AvgIpc) is 2.90. The zero-order valence-corrected chi connectivity index (χ0v) is 24.0. The number of ether oxygens (including phenoxy) is 2. The second kappa shape index (κ2) is 20.1. The van der Waals surface area contributed by atoms with Crippen LogP contribution in [0.3, 0.4) is 0 Å². The van der Waals surface area contributed by atoms with Crippen molar-refractivity contribution in [2.24, 2.45) is 17.4 Å². The summed E-state index contributed by atoms with van der Waals surface area (Å²) in [6.07, 6.45) is 5.04. The normalized spacial score (nSPS) is 12.3. The van der Waals surface area contributed by atoms with E-state index in [4.69, 9.17) is 20.9 Å². The Hall–Kier alpha value is -3.86. The van der Waals surface area contributed by atoms with Crippen LogP contribution in [0.15, 0.2) is 49.6 Å². The van der Waals surface area contributed by atoms with E-state index in [2.05, 4.69) is 28.8 Å². The molecule has 2 amide bonds. The number of methoxy groups -OCH3 is 1. The van der Waals surface area contributed by atoms with E-state index >= 15 is 0 Å². The van der Waals surface area contributed by atoms with Gasteiger partial charge in [-0.05, 0) is 49.8 Å². The molecular formula is C28H42ClN5O6. The number of benzene rings is 1. The fourth-order valence-electron chi connectivity index (χ4n) is 3.88. The van der Waals surface area contributed by atoms with Crippen molar-refractivity contribution in [3.05, 3.63) is 55.1 Å². The van der Waals surface area contributed by atoms with E-state index in [1.807, 2.05) is 12.1 Å². The van der Waals surface area contributed by atoms with Crippen molar-refractivity contribution in [2.75, 3.05) is 20.3 Å². The summed E-state index contributed by atoms with van der Waals surface area (Å²) in [6, 6.07) is 5.42. The van der Waals surface area contributed by atoms with Gasteiger partial charge in [-0.15, -0.1) is 6.58 Å². The van der Waals surface area contributed by atoms with E-state index in [0.29, 0.717) is 38.2 Å². The Kier molecular flexibility index (Phi) is 18.2. The maximum atomic E-state index is 13.4. The molecule has 0 radical (unpaired) electrons. The number of hydrogen-bond acceptors (Lipinski definition) is 6. The molecule has 1 aromatic carbocycles. The molecule has 7 N–H and O–H groups in total. The molecule has 0 aliphatic heterocycles. The van der Waals surface area contributed by atoms with Crippen LogP contribution < -0.4 is 44.2 Å². The SMILES string of the molecule is C=CCOc1ccc(C[C@H](NC(C)=O)C(=O)C[C@@H](CCCC[NH+]=C(N)N)C(=O)N[C@@H](CC=C)C(=O)OC)cc1.[Cl-]. The molecule has 0 bridgehead atoms. The minimum Gasteiger partial charge on any atom is -1.00 e. The molecule has 1 aromatic rings. The summed E-state index contributed by atoms with van der Waals surface area (Å²) in [5.74, 6) is -1.71. The van der Waals surface area contributed by atoms with Crippen LogP contribution in [0.2, 0.25) is 0 Å². The van der Waals surface area contributed by atoms with Crippen LogP contribution in [-0.2, 0) is 30.3 Å². The van der Waals surface area contributed by atoms with Gasteiger partial charge in [-0.1, -0.05) is 30.9 Å². The van der Waals surface area contributed by atoms with Crippen molar-refractivity contribution in [1.29, 1.82) is 0 Å². The van der Waals surface area contributed by atoms with Crippen molar-refractivity contribution < 1.29 is 46.1 Å². The predicted octanol–water partition coefficient (Wildman–Crippen LogP) is -3.36.